The molecule has 1 unspecified atom stereocenters. The van der Waals surface area contributed by atoms with Crippen molar-refractivity contribution in [3.05, 3.63) is 60.9 Å². The molecule has 0 amide bonds. The number of hydrogen-bond donors (Lipinski definition) is 1. The molecule has 2 N–H and O–H groups in total. The van der Waals surface area contributed by atoms with Crippen LogP contribution < -0.4 is 10.6 Å². The molecule has 5 nitrogen and oxygen atoms in total. The van der Waals surface area contributed by atoms with Gasteiger partial charge in [-0.15, -0.1) is 0 Å². The van der Waals surface area contributed by atoms with E-state index >= 15 is 0 Å². The minimum atomic E-state index is 0.213. The Morgan fingerprint density at radius 1 is 0.958 bits per heavy atom. The van der Waals surface area contributed by atoms with E-state index < -0.39 is 0 Å². The van der Waals surface area contributed by atoms with Crippen LogP contribution in [0.5, 0.6) is 0 Å². The normalized spacial score (nSPS) is 17.2. The summed E-state index contributed by atoms with van der Waals surface area (Å²) in [5.41, 5.74) is 9.02. The highest BCUT2D eigenvalue weighted by atomic mass is 15.2. The van der Waals surface area contributed by atoms with Crippen LogP contribution in [0.1, 0.15) is 6.42 Å². The van der Waals surface area contributed by atoms with Gasteiger partial charge < -0.3 is 10.6 Å². The van der Waals surface area contributed by atoms with Gasteiger partial charge in [0.15, 0.2) is 5.82 Å². The molecule has 5 heteroatoms. The summed E-state index contributed by atoms with van der Waals surface area (Å²) in [4.78, 5) is 15.9. The zero-order valence-electron chi connectivity index (χ0n) is 13.3. The Bertz CT molecular complexity index is 762. The van der Waals surface area contributed by atoms with Gasteiger partial charge in [-0.2, -0.15) is 0 Å². The summed E-state index contributed by atoms with van der Waals surface area (Å²) in [6.07, 6.45) is 4.56. The predicted octanol–water partition coefficient (Wildman–Crippen LogP) is 2.74. The standard InChI is InChI=1S/C19H19N5/c20-16-8-11-24(13-16)18-12-17(14-6-9-21-10-7-14)22-19(23-18)15-4-2-1-3-5-15/h1-7,9-10,12,16H,8,11,13,20H2. The maximum Gasteiger partial charge on any atom is 0.162 e. The Labute approximate surface area is 141 Å². The molecule has 1 aliphatic heterocycles. The molecule has 0 spiro atoms. The van der Waals surface area contributed by atoms with Gasteiger partial charge in [0.2, 0.25) is 0 Å². The fourth-order valence-corrected chi connectivity index (χ4v) is 2.98. The van der Waals surface area contributed by atoms with Crippen LogP contribution in [0.3, 0.4) is 0 Å². The molecule has 24 heavy (non-hydrogen) atoms. The lowest BCUT2D eigenvalue weighted by Gasteiger charge is -2.18. The average molecular weight is 317 g/mol. The van der Waals surface area contributed by atoms with Gasteiger partial charge in [0, 0.05) is 48.7 Å². The van der Waals surface area contributed by atoms with Crippen LogP contribution in [0.15, 0.2) is 60.9 Å². The molecule has 1 atom stereocenters. The highest BCUT2D eigenvalue weighted by Gasteiger charge is 2.22. The van der Waals surface area contributed by atoms with Gasteiger partial charge in [0.05, 0.1) is 5.69 Å². The average Bonchev–Trinajstić information content (AvgIpc) is 3.09. The molecule has 4 rings (SSSR count). The van der Waals surface area contributed by atoms with Crippen LogP contribution in [-0.4, -0.2) is 34.1 Å². The quantitative estimate of drug-likeness (QED) is 0.804. The van der Waals surface area contributed by atoms with Crippen molar-refractivity contribution in [2.45, 2.75) is 12.5 Å². The number of nitrogens with zero attached hydrogens (tertiary/aromatic N) is 4. The summed E-state index contributed by atoms with van der Waals surface area (Å²) in [6.45, 7) is 1.77. The molecule has 1 fully saturated rings. The second kappa shape index (κ2) is 6.37. The molecule has 0 saturated carbocycles. The minimum Gasteiger partial charge on any atom is -0.355 e. The van der Waals surface area contributed by atoms with Crippen LogP contribution in [0.4, 0.5) is 5.82 Å². The summed E-state index contributed by atoms with van der Waals surface area (Å²) in [5, 5.41) is 0. The van der Waals surface area contributed by atoms with Gasteiger partial charge in [-0.3, -0.25) is 4.98 Å². The van der Waals surface area contributed by atoms with Crippen LogP contribution in [0, 0.1) is 0 Å². The van der Waals surface area contributed by atoms with Crippen LogP contribution in [-0.2, 0) is 0 Å². The van der Waals surface area contributed by atoms with Crippen molar-refractivity contribution in [1.29, 1.82) is 0 Å². The van der Waals surface area contributed by atoms with Crippen molar-refractivity contribution in [2.24, 2.45) is 5.73 Å². The van der Waals surface area contributed by atoms with Crippen molar-refractivity contribution in [2.75, 3.05) is 18.0 Å². The Hall–Kier alpha value is -2.79. The van der Waals surface area contributed by atoms with Gasteiger partial charge in [-0.05, 0) is 18.6 Å². The summed E-state index contributed by atoms with van der Waals surface area (Å²) in [5.74, 6) is 1.67. The smallest absolute Gasteiger partial charge is 0.162 e. The van der Waals surface area contributed by atoms with Crippen molar-refractivity contribution in [3.8, 4) is 22.6 Å². The molecule has 120 valence electrons. The van der Waals surface area contributed by atoms with Crippen LogP contribution >= 0.6 is 0 Å². The number of rotatable bonds is 3. The van der Waals surface area contributed by atoms with E-state index in [4.69, 9.17) is 15.7 Å². The van der Waals surface area contributed by atoms with Crippen LogP contribution in [0.25, 0.3) is 22.6 Å². The van der Waals surface area contributed by atoms with Gasteiger partial charge in [-0.25, -0.2) is 9.97 Å². The highest BCUT2D eigenvalue weighted by Crippen LogP contribution is 2.27. The van der Waals surface area contributed by atoms with Crippen molar-refractivity contribution in [3.63, 3.8) is 0 Å². The van der Waals surface area contributed by atoms with E-state index in [0.717, 1.165) is 48.0 Å². The van der Waals surface area contributed by atoms with E-state index in [-0.39, 0.29) is 6.04 Å². The Kier molecular flexibility index (Phi) is 3.92. The number of anilines is 1. The second-order valence-corrected chi connectivity index (χ2v) is 6.03. The summed E-state index contributed by atoms with van der Waals surface area (Å²) in [6, 6.07) is 16.3. The van der Waals surface area contributed by atoms with E-state index in [1.54, 1.807) is 12.4 Å². The zero-order chi connectivity index (χ0) is 16.4. The molecule has 3 heterocycles. The third kappa shape index (κ3) is 2.98. The maximum absolute atomic E-state index is 6.07. The van der Waals surface area contributed by atoms with Crippen molar-refractivity contribution >= 4 is 5.82 Å². The molecule has 1 aliphatic rings. The fraction of sp³-hybridized carbons (Fsp3) is 0.211. The van der Waals surface area contributed by atoms with E-state index in [1.807, 2.05) is 48.5 Å². The van der Waals surface area contributed by atoms with Gasteiger partial charge in [-0.1, -0.05) is 30.3 Å². The van der Waals surface area contributed by atoms with Gasteiger partial charge in [0.1, 0.15) is 5.82 Å². The lowest BCUT2D eigenvalue weighted by atomic mass is 10.1. The molecule has 0 radical (unpaired) electrons. The monoisotopic (exact) mass is 317 g/mol. The van der Waals surface area contributed by atoms with Gasteiger partial charge in [0.25, 0.3) is 0 Å². The fourth-order valence-electron chi connectivity index (χ4n) is 2.98. The number of hydrogen-bond acceptors (Lipinski definition) is 5. The first kappa shape index (κ1) is 14.8. The van der Waals surface area contributed by atoms with Crippen molar-refractivity contribution in [1.82, 2.24) is 15.0 Å². The SMILES string of the molecule is NC1CCN(c2cc(-c3ccncc3)nc(-c3ccccc3)n2)C1. The van der Waals surface area contributed by atoms with E-state index in [9.17, 15) is 0 Å². The van der Waals surface area contributed by atoms with Crippen molar-refractivity contribution < 1.29 is 0 Å². The topological polar surface area (TPSA) is 67.9 Å². The largest absolute Gasteiger partial charge is 0.355 e. The minimum absolute atomic E-state index is 0.213. The first-order chi connectivity index (χ1) is 11.8. The molecule has 2 aromatic heterocycles. The predicted molar refractivity (Wildman–Crippen MR) is 95.5 cm³/mol. The van der Waals surface area contributed by atoms with E-state index in [1.165, 1.54) is 0 Å². The van der Waals surface area contributed by atoms with E-state index in [0.29, 0.717) is 0 Å². The maximum atomic E-state index is 6.07. The third-order valence-corrected chi connectivity index (χ3v) is 4.27. The molecular formula is C19H19N5. The lowest BCUT2D eigenvalue weighted by molar-refractivity contribution is 0.751. The zero-order valence-corrected chi connectivity index (χ0v) is 13.3. The molecular weight excluding hydrogens is 298 g/mol. The molecule has 1 saturated heterocycles. The number of aromatic nitrogens is 3. The molecule has 0 aliphatic carbocycles. The van der Waals surface area contributed by atoms with Crippen LogP contribution in [0.2, 0.25) is 0 Å². The second-order valence-electron chi connectivity index (χ2n) is 6.03. The Morgan fingerprint density at radius 2 is 1.75 bits per heavy atom. The lowest BCUT2D eigenvalue weighted by Crippen LogP contribution is -2.27. The van der Waals surface area contributed by atoms with Gasteiger partial charge >= 0.3 is 0 Å². The third-order valence-electron chi connectivity index (χ3n) is 4.27. The first-order valence-electron chi connectivity index (χ1n) is 8.15. The summed E-state index contributed by atoms with van der Waals surface area (Å²) < 4.78 is 0. The van der Waals surface area contributed by atoms with E-state index in [2.05, 4.69) is 9.88 Å². The summed E-state index contributed by atoms with van der Waals surface area (Å²) in [7, 11) is 0. The molecule has 0 bridgehead atoms. The number of benzene rings is 1. The molecule has 3 aromatic rings. The summed E-state index contributed by atoms with van der Waals surface area (Å²) >= 11 is 0. The number of nitrogens with two attached hydrogens (primary N) is 1. The highest BCUT2D eigenvalue weighted by molar-refractivity contribution is 5.67. The number of pyridine rings is 1. The molecule has 1 aromatic carbocycles. The Balaban J connectivity index is 1.82. The first-order valence-corrected chi connectivity index (χ1v) is 8.15. The Morgan fingerprint density at radius 3 is 2.46 bits per heavy atom.